The van der Waals surface area contributed by atoms with Gasteiger partial charge < -0.3 is 10.6 Å². The molecule has 2 aromatic rings. The van der Waals surface area contributed by atoms with Gasteiger partial charge in [0, 0.05) is 24.7 Å². The lowest BCUT2D eigenvalue weighted by atomic mass is 10.1. The average molecular weight is 364 g/mol. The maximum absolute atomic E-state index is 11.9. The first kappa shape index (κ1) is 20.6. The molecule has 1 amide bonds. The smallest absolute Gasteiger partial charge is 0.269 e. The molecule has 2 aromatic carbocycles. The molecule has 0 aliphatic carbocycles. The quantitative estimate of drug-likeness (QED) is 0.558. The summed E-state index contributed by atoms with van der Waals surface area (Å²) in [6, 6.07) is 16.2. The normalized spacial score (nSPS) is 11.2. The third-order valence-electron chi connectivity index (χ3n) is 3.53. The van der Waals surface area contributed by atoms with Crippen LogP contribution in [0.1, 0.15) is 18.1 Å². The van der Waals surface area contributed by atoms with E-state index in [0.717, 1.165) is 11.1 Å². The Kier molecular flexibility index (Phi) is 8.60. The highest BCUT2D eigenvalue weighted by Crippen LogP contribution is 2.14. The second-order valence-corrected chi connectivity index (χ2v) is 5.69. The summed E-state index contributed by atoms with van der Waals surface area (Å²) in [4.78, 5) is 22.3. The van der Waals surface area contributed by atoms with Gasteiger partial charge in [-0.2, -0.15) is 0 Å². The molecule has 0 fully saturated rings. The Morgan fingerprint density at radius 3 is 2.48 bits per heavy atom. The number of carbonyl (C=O) groups excluding carboxylic acids is 1. The molecule has 2 rings (SSSR count). The minimum Gasteiger partial charge on any atom is -0.352 e. The fourth-order valence-electron chi connectivity index (χ4n) is 2.44. The fraction of sp³-hybridized carbons (Fsp3) is 0.278. The Hall–Kier alpha value is -2.44. The van der Waals surface area contributed by atoms with E-state index in [1.807, 2.05) is 43.3 Å². The summed E-state index contributed by atoms with van der Waals surface area (Å²) < 4.78 is 0. The van der Waals surface area contributed by atoms with Crippen LogP contribution in [0, 0.1) is 10.1 Å². The monoisotopic (exact) mass is 363 g/mol. The van der Waals surface area contributed by atoms with Gasteiger partial charge in [0.05, 0.1) is 11.5 Å². The second kappa shape index (κ2) is 10.4. The molecule has 1 unspecified atom stereocenters. The lowest BCUT2D eigenvalue weighted by molar-refractivity contribution is -0.384. The first-order valence-electron chi connectivity index (χ1n) is 7.82. The van der Waals surface area contributed by atoms with Gasteiger partial charge in [-0.25, -0.2) is 0 Å². The Balaban J connectivity index is 0.00000312. The van der Waals surface area contributed by atoms with Crippen molar-refractivity contribution in [1.29, 1.82) is 0 Å². The largest absolute Gasteiger partial charge is 0.352 e. The van der Waals surface area contributed by atoms with Crippen molar-refractivity contribution in [3.05, 3.63) is 75.8 Å². The van der Waals surface area contributed by atoms with Crippen molar-refractivity contribution in [1.82, 2.24) is 10.6 Å². The summed E-state index contributed by atoms with van der Waals surface area (Å²) in [5.74, 6) is -0.0936. The first-order chi connectivity index (χ1) is 11.5. The molecule has 1 atom stereocenters. The molecule has 7 heteroatoms. The van der Waals surface area contributed by atoms with Crippen molar-refractivity contribution in [3.63, 3.8) is 0 Å². The number of nitrogens with zero attached hydrogens (tertiary/aromatic N) is 1. The van der Waals surface area contributed by atoms with Crippen LogP contribution in [0.4, 0.5) is 5.69 Å². The molecule has 0 aliphatic rings. The van der Waals surface area contributed by atoms with Crippen molar-refractivity contribution in [3.8, 4) is 0 Å². The molecule has 6 nitrogen and oxygen atoms in total. The zero-order chi connectivity index (χ0) is 17.4. The van der Waals surface area contributed by atoms with Crippen LogP contribution in [0.2, 0.25) is 0 Å². The lowest BCUT2D eigenvalue weighted by Crippen LogP contribution is -2.39. The number of carbonyl (C=O) groups is 1. The van der Waals surface area contributed by atoms with Crippen LogP contribution < -0.4 is 10.6 Å². The number of nitro groups is 1. The van der Waals surface area contributed by atoms with E-state index in [9.17, 15) is 14.9 Å². The van der Waals surface area contributed by atoms with Crippen LogP contribution in [0.5, 0.6) is 0 Å². The molecule has 2 N–H and O–H groups in total. The Bertz CT molecular complexity index is 695. The molecule has 0 aliphatic heterocycles. The lowest BCUT2D eigenvalue weighted by Gasteiger charge is -2.14. The van der Waals surface area contributed by atoms with Gasteiger partial charge in [-0.05, 0) is 24.5 Å². The topological polar surface area (TPSA) is 84.3 Å². The fourth-order valence-corrected chi connectivity index (χ4v) is 2.44. The maximum Gasteiger partial charge on any atom is 0.269 e. The number of hydrogen-bond acceptors (Lipinski definition) is 4. The van der Waals surface area contributed by atoms with Gasteiger partial charge in [-0.3, -0.25) is 14.9 Å². The number of hydrogen-bond donors (Lipinski definition) is 2. The van der Waals surface area contributed by atoms with Crippen LogP contribution in [0.15, 0.2) is 54.6 Å². The number of amides is 1. The predicted octanol–water partition coefficient (Wildman–Crippen LogP) is 2.85. The van der Waals surface area contributed by atoms with Crippen LogP contribution in [-0.2, 0) is 17.8 Å². The van der Waals surface area contributed by atoms with E-state index in [1.54, 1.807) is 6.07 Å². The van der Waals surface area contributed by atoms with Crippen LogP contribution >= 0.6 is 12.4 Å². The Labute approximate surface area is 153 Å². The van der Waals surface area contributed by atoms with E-state index < -0.39 is 4.92 Å². The summed E-state index contributed by atoms with van der Waals surface area (Å²) in [6.45, 7) is 2.75. The van der Waals surface area contributed by atoms with Gasteiger partial charge in [0.15, 0.2) is 0 Å². The highest BCUT2D eigenvalue weighted by molar-refractivity contribution is 5.85. The molecule has 0 saturated heterocycles. The molecule has 0 radical (unpaired) electrons. The number of nitrogens with one attached hydrogen (secondary N) is 2. The molecule has 0 spiro atoms. The van der Waals surface area contributed by atoms with E-state index in [-0.39, 0.29) is 36.6 Å². The third-order valence-corrected chi connectivity index (χ3v) is 3.53. The number of nitro benzene ring substituents is 1. The summed E-state index contributed by atoms with van der Waals surface area (Å²) in [5.41, 5.74) is 2.01. The van der Waals surface area contributed by atoms with Gasteiger partial charge in [-0.1, -0.05) is 42.5 Å². The summed E-state index contributed by atoms with van der Waals surface area (Å²) in [6.07, 6.45) is 0.548. The summed E-state index contributed by atoms with van der Waals surface area (Å²) in [5, 5.41) is 16.8. The first-order valence-corrected chi connectivity index (χ1v) is 7.82. The number of non-ortho nitro benzene ring substituents is 1. The maximum atomic E-state index is 11.9. The minimum atomic E-state index is -0.416. The Morgan fingerprint density at radius 2 is 1.80 bits per heavy atom. The Morgan fingerprint density at radius 1 is 1.12 bits per heavy atom. The van der Waals surface area contributed by atoms with Crippen molar-refractivity contribution in [2.24, 2.45) is 0 Å². The van der Waals surface area contributed by atoms with Crippen LogP contribution in [0.3, 0.4) is 0 Å². The highest BCUT2D eigenvalue weighted by Gasteiger charge is 2.11. The number of halogens is 1. The highest BCUT2D eigenvalue weighted by atomic mass is 35.5. The second-order valence-electron chi connectivity index (χ2n) is 5.69. The van der Waals surface area contributed by atoms with E-state index >= 15 is 0 Å². The number of rotatable bonds is 8. The van der Waals surface area contributed by atoms with Crippen molar-refractivity contribution < 1.29 is 9.72 Å². The molecule has 0 aromatic heterocycles. The van der Waals surface area contributed by atoms with Gasteiger partial charge in [0.2, 0.25) is 5.91 Å². The predicted molar refractivity (Wildman–Crippen MR) is 99.8 cm³/mol. The molecular formula is C18H22ClN3O3. The molecule has 25 heavy (non-hydrogen) atoms. The molecular weight excluding hydrogens is 342 g/mol. The van der Waals surface area contributed by atoms with Gasteiger partial charge >= 0.3 is 0 Å². The zero-order valence-corrected chi connectivity index (χ0v) is 14.8. The van der Waals surface area contributed by atoms with Gasteiger partial charge in [0.25, 0.3) is 5.69 Å². The molecule has 134 valence electrons. The van der Waals surface area contributed by atoms with Crippen LogP contribution in [-0.4, -0.2) is 23.4 Å². The van der Waals surface area contributed by atoms with Gasteiger partial charge in [-0.15, -0.1) is 12.4 Å². The summed E-state index contributed by atoms with van der Waals surface area (Å²) >= 11 is 0. The molecule has 0 heterocycles. The van der Waals surface area contributed by atoms with E-state index in [4.69, 9.17) is 0 Å². The zero-order valence-electron chi connectivity index (χ0n) is 14.0. The van der Waals surface area contributed by atoms with Crippen molar-refractivity contribution >= 4 is 24.0 Å². The number of benzene rings is 2. The average Bonchev–Trinajstić information content (AvgIpc) is 2.56. The van der Waals surface area contributed by atoms with Crippen molar-refractivity contribution in [2.45, 2.75) is 25.9 Å². The SMILES string of the molecule is CC(Cc1cccc([N+](=O)[O-])c1)NC(=O)CNCc1ccccc1.Cl. The molecule has 0 bridgehead atoms. The van der Waals surface area contributed by atoms with Crippen molar-refractivity contribution in [2.75, 3.05) is 6.54 Å². The van der Waals surface area contributed by atoms with Crippen LogP contribution in [0.25, 0.3) is 0 Å². The molecule has 0 saturated carbocycles. The van der Waals surface area contributed by atoms with E-state index in [0.29, 0.717) is 13.0 Å². The van der Waals surface area contributed by atoms with E-state index in [2.05, 4.69) is 10.6 Å². The van der Waals surface area contributed by atoms with Gasteiger partial charge in [0.1, 0.15) is 0 Å². The standard InChI is InChI=1S/C18H21N3O3.ClH/c1-14(10-16-8-5-9-17(11-16)21(23)24)20-18(22)13-19-12-15-6-3-2-4-7-15;/h2-9,11,14,19H,10,12-13H2,1H3,(H,20,22);1H. The third kappa shape index (κ3) is 7.32. The van der Waals surface area contributed by atoms with E-state index in [1.165, 1.54) is 12.1 Å². The summed E-state index contributed by atoms with van der Waals surface area (Å²) in [7, 11) is 0. The minimum absolute atomic E-state index is 0.